The molecule has 1 aliphatic rings. The van der Waals surface area contributed by atoms with Crippen molar-refractivity contribution in [1.82, 2.24) is 14.8 Å². The van der Waals surface area contributed by atoms with Crippen LogP contribution in [-0.4, -0.2) is 77.3 Å². The van der Waals surface area contributed by atoms with Crippen LogP contribution in [0, 0.1) is 5.92 Å². The molecule has 34 heavy (non-hydrogen) atoms. The second-order valence-corrected chi connectivity index (χ2v) is 8.58. The zero-order valence-electron chi connectivity index (χ0n) is 20.6. The number of hydrogen-bond donors (Lipinski definition) is 0. The number of pyridine rings is 1. The molecular formula is C24H35N3O7. The van der Waals surface area contributed by atoms with Gasteiger partial charge < -0.3 is 24.0 Å². The molecule has 1 aromatic heterocycles. The number of carbonyl (C=O) groups excluding carboxylic acids is 4. The summed E-state index contributed by atoms with van der Waals surface area (Å²) in [6.07, 6.45) is 0.688. The monoisotopic (exact) mass is 477 g/mol. The number of carbonyl (C=O) groups is 4. The van der Waals surface area contributed by atoms with Crippen LogP contribution in [0.15, 0.2) is 24.4 Å². The summed E-state index contributed by atoms with van der Waals surface area (Å²) in [7, 11) is 1.58. The molecule has 188 valence electrons. The van der Waals surface area contributed by atoms with Gasteiger partial charge in [-0.05, 0) is 30.9 Å². The van der Waals surface area contributed by atoms with E-state index < -0.39 is 42.4 Å². The summed E-state index contributed by atoms with van der Waals surface area (Å²) in [5.41, 5.74) is 0.844. The van der Waals surface area contributed by atoms with Crippen molar-refractivity contribution in [3.8, 4) is 0 Å². The van der Waals surface area contributed by atoms with Crippen molar-refractivity contribution in [3.05, 3.63) is 30.1 Å². The minimum Gasteiger partial charge on any atom is -0.452 e. The summed E-state index contributed by atoms with van der Waals surface area (Å²) in [6, 6.07) is 4.73. The Labute approximate surface area is 200 Å². The minimum absolute atomic E-state index is 0.154. The standard InChI is InChI=1S/C24H35N3O7/c1-6-20(28)34-21(16(2)3)22(29)27-14-9-11-19(27)23(30)32-17(4)33-24(31)26(5)15-12-18-10-7-8-13-25-18/h7-8,10,13,16-17,19,21H,6,9,11-12,14-15H2,1-5H3/t17?,19-,21+/m0/s1. The van der Waals surface area contributed by atoms with E-state index in [0.717, 1.165) is 5.69 Å². The maximum absolute atomic E-state index is 13.0. The Balaban J connectivity index is 1.89. The number of rotatable bonds is 10. The number of amides is 2. The maximum atomic E-state index is 13.0. The van der Waals surface area contributed by atoms with Crippen LogP contribution in [0.4, 0.5) is 4.79 Å². The summed E-state index contributed by atoms with van der Waals surface area (Å²) in [6.45, 7) is 7.40. The van der Waals surface area contributed by atoms with Gasteiger partial charge in [0.1, 0.15) is 6.04 Å². The number of ether oxygens (including phenoxy) is 3. The van der Waals surface area contributed by atoms with Gasteiger partial charge in [-0.2, -0.15) is 0 Å². The average Bonchev–Trinajstić information content (AvgIpc) is 3.30. The molecule has 2 rings (SSSR count). The molecule has 0 saturated carbocycles. The average molecular weight is 478 g/mol. The second kappa shape index (κ2) is 12.9. The number of nitrogens with zero attached hydrogens (tertiary/aromatic N) is 3. The highest BCUT2D eigenvalue weighted by Crippen LogP contribution is 2.23. The van der Waals surface area contributed by atoms with Crippen molar-refractivity contribution in [3.63, 3.8) is 0 Å². The Bertz CT molecular complexity index is 846. The number of aromatic nitrogens is 1. The Kier molecular flexibility index (Phi) is 10.3. The Hall–Kier alpha value is -3.17. The fourth-order valence-electron chi connectivity index (χ4n) is 3.55. The molecular weight excluding hydrogens is 442 g/mol. The van der Waals surface area contributed by atoms with Crippen molar-refractivity contribution in [2.75, 3.05) is 20.1 Å². The minimum atomic E-state index is -1.13. The summed E-state index contributed by atoms with van der Waals surface area (Å²) in [5, 5.41) is 0. The lowest BCUT2D eigenvalue weighted by Crippen LogP contribution is -2.49. The highest BCUT2D eigenvalue weighted by molar-refractivity contribution is 5.89. The van der Waals surface area contributed by atoms with Gasteiger partial charge in [0.05, 0.1) is 0 Å². The highest BCUT2D eigenvalue weighted by Gasteiger charge is 2.41. The van der Waals surface area contributed by atoms with Gasteiger partial charge in [-0.15, -0.1) is 0 Å². The molecule has 1 aliphatic heterocycles. The SMILES string of the molecule is CCC(=O)O[C@@H](C(=O)N1CCC[C@H]1C(=O)OC(C)OC(=O)N(C)CCc1ccccn1)C(C)C. The van der Waals surface area contributed by atoms with E-state index in [2.05, 4.69) is 4.98 Å². The molecule has 0 aromatic carbocycles. The normalized spacial score (nSPS) is 17.1. The van der Waals surface area contributed by atoms with Crippen LogP contribution in [0.2, 0.25) is 0 Å². The fourth-order valence-corrected chi connectivity index (χ4v) is 3.55. The van der Waals surface area contributed by atoms with Gasteiger partial charge >= 0.3 is 18.0 Å². The molecule has 2 amide bonds. The van der Waals surface area contributed by atoms with E-state index in [-0.39, 0.29) is 12.3 Å². The molecule has 3 atom stereocenters. The molecule has 0 bridgehead atoms. The second-order valence-electron chi connectivity index (χ2n) is 8.58. The van der Waals surface area contributed by atoms with E-state index in [4.69, 9.17) is 14.2 Å². The zero-order valence-corrected chi connectivity index (χ0v) is 20.6. The Morgan fingerprint density at radius 3 is 2.50 bits per heavy atom. The van der Waals surface area contributed by atoms with E-state index >= 15 is 0 Å². The smallest absolute Gasteiger partial charge is 0.412 e. The van der Waals surface area contributed by atoms with E-state index in [9.17, 15) is 19.2 Å². The summed E-state index contributed by atoms with van der Waals surface area (Å²) in [4.78, 5) is 56.9. The maximum Gasteiger partial charge on any atom is 0.412 e. The number of hydrogen-bond acceptors (Lipinski definition) is 8. The van der Waals surface area contributed by atoms with E-state index in [1.54, 1.807) is 34.0 Å². The third-order valence-corrected chi connectivity index (χ3v) is 5.49. The van der Waals surface area contributed by atoms with Crippen LogP contribution in [0.5, 0.6) is 0 Å². The lowest BCUT2D eigenvalue weighted by Gasteiger charge is -2.29. The first kappa shape index (κ1) is 27.1. The Morgan fingerprint density at radius 1 is 1.15 bits per heavy atom. The van der Waals surface area contributed by atoms with Crippen molar-refractivity contribution in [1.29, 1.82) is 0 Å². The summed E-state index contributed by atoms with van der Waals surface area (Å²) < 4.78 is 15.9. The van der Waals surface area contributed by atoms with Gasteiger partial charge in [-0.3, -0.25) is 14.6 Å². The largest absolute Gasteiger partial charge is 0.452 e. The van der Waals surface area contributed by atoms with Crippen molar-refractivity contribution < 1.29 is 33.4 Å². The van der Waals surface area contributed by atoms with E-state index in [1.165, 1.54) is 16.7 Å². The number of esters is 2. The van der Waals surface area contributed by atoms with Gasteiger partial charge in [0.2, 0.25) is 6.29 Å². The number of likely N-dealkylation sites (tertiary alicyclic amines) is 1. The number of likely N-dealkylation sites (N-methyl/N-ethyl adjacent to an activating group) is 1. The third kappa shape index (κ3) is 7.71. The molecule has 0 spiro atoms. The van der Waals surface area contributed by atoms with Crippen LogP contribution < -0.4 is 0 Å². The molecule has 1 fully saturated rings. The van der Waals surface area contributed by atoms with Gasteiger partial charge in [-0.25, -0.2) is 9.59 Å². The van der Waals surface area contributed by atoms with Crippen molar-refractivity contribution in [2.24, 2.45) is 5.92 Å². The predicted molar refractivity (Wildman–Crippen MR) is 122 cm³/mol. The molecule has 0 N–H and O–H groups in total. The van der Waals surface area contributed by atoms with Gasteiger partial charge in [0.25, 0.3) is 5.91 Å². The van der Waals surface area contributed by atoms with Gasteiger partial charge in [0, 0.05) is 51.8 Å². The van der Waals surface area contributed by atoms with Crippen molar-refractivity contribution in [2.45, 2.75) is 71.8 Å². The highest BCUT2D eigenvalue weighted by atomic mass is 16.7. The third-order valence-electron chi connectivity index (χ3n) is 5.49. The predicted octanol–water partition coefficient (Wildman–Crippen LogP) is 2.55. The van der Waals surface area contributed by atoms with E-state index in [1.807, 2.05) is 18.2 Å². The molecule has 0 radical (unpaired) electrons. The fraction of sp³-hybridized carbons (Fsp3) is 0.625. The van der Waals surface area contributed by atoms with Gasteiger partial charge in [-0.1, -0.05) is 26.8 Å². The molecule has 1 aromatic rings. The molecule has 1 saturated heterocycles. The van der Waals surface area contributed by atoms with E-state index in [0.29, 0.717) is 32.4 Å². The molecule has 10 nitrogen and oxygen atoms in total. The van der Waals surface area contributed by atoms with Crippen LogP contribution in [0.3, 0.4) is 0 Å². The molecule has 10 heteroatoms. The zero-order chi connectivity index (χ0) is 25.3. The van der Waals surface area contributed by atoms with Crippen LogP contribution >= 0.6 is 0 Å². The first-order valence-electron chi connectivity index (χ1n) is 11.7. The van der Waals surface area contributed by atoms with Crippen LogP contribution in [-0.2, 0) is 35.0 Å². The topological polar surface area (TPSA) is 115 Å². The van der Waals surface area contributed by atoms with Gasteiger partial charge in [0.15, 0.2) is 6.10 Å². The van der Waals surface area contributed by atoms with Crippen LogP contribution in [0.25, 0.3) is 0 Å². The summed E-state index contributed by atoms with van der Waals surface area (Å²) in [5.74, 6) is -1.80. The Morgan fingerprint density at radius 2 is 1.88 bits per heavy atom. The van der Waals surface area contributed by atoms with Crippen molar-refractivity contribution >= 4 is 23.9 Å². The first-order valence-corrected chi connectivity index (χ1v) is 11.7. The first-order chi connectivity index (χ1) is 16.1. The quantitative estimate of drug-likeness (QED) is 0.373. The molecule has 1 unspecified atom stereocenters. The lowest BCUT2D eigenvalue weighted by atomic mass is 10.1. The summed E-state index contributed by atoms with van der Waals surface area (Å²) >= 11 is 0. The lowest BCUT2D eigenvalue weighted by molar-refractivity contribution is -0.176. The molecule has 2 heterocycles. The molecule has 0 aliphatic carbocycles. The van der Waals surface area contributed by atoms with Crippen LogP contribution in [0.1, 0.15) is 52.7 Å².